The Bertz CT molecular complexity index is 669. The molecule has 8 heteroatoms. The molecule has 0 atom stereocenters. The lowest BCUT2D eigenvalue weighted by Crippen LogP contribution is -2.41. The molecule has 3 amide bonds. The van der Waals surface area contributed by atoms with Gasteiger partial charge in [-0.1, -0.05) is 29.8 Å². The number of nitrogens with one attached hydrogen (secondary N) is 3. The molecule has 26 heavy (non-hydrogen) atoms. The highest BCUT2D eigenvalue weighted by atomic mass is 35.5. The Morgan fingerprint density at radius 2 is 1.73 bits per heavy atom. The zero-order valence-electron chi connectivity index (χ0n) is 15.1. The van der Waals surface area contributed by atoms with Gasteiger partial charge in [0.25, 0.3) is 0 Å². The van der Waals surface area contributed by atoms with E-state index in [9.17, 15) is 14.4 Å². The van der Waals surface area contributed by atoms with Gasteiger partial charge in [-0.25, -0.2) is 4.79 Å². The van der Waals surface area contributed by atoms with Crippen molar-refractivity contribution in [1.82, 2.24) is 16.0 Å². The van der Waals surface area contributed by atoms with Crippen LogP contribution in [0.3, 0.4) is 0 Å². The summed E-state index contributed by atoms with van der Waals surface area (Å²) in [5.41, 5.74) is 0.119. The Hall–Kier alpha value is -2.54. The first-order chi connectivity index (χ1) is 12.2. The fourth-order valence-electron chi connectivity index (χ4n) is 1.75. The van der Waals surface area contributed by atoms with Crippen LogP contribution in [0.25, 0.3) is 6.08 Å². The molecule has 0 saturated carbocycles. The number of amides is 3. The Morgan fingerprint density at radius 1 is 1.08 bits per heavy atom. The van der Waals surface area contributed by atoms with Gasteiger partial charge in [0.2, 0.25) is 11.8 Å². The normalized spacial score (nSPS) is 11.1. The zero-order chi connectivity index (χ0) is 19.6. The van der Waals surface area contributed by atoms with Crippen molar-refractivity contribution in [1.29, 1.82) is 0 Å². The minimum Gasteiger partial charge on any atom is -0.444 e. The highest BCUT2D eigenvalue weighted by molar-refractivity contribution is 6.32. The molecule has 0 aliphatic rings. The van der Waals surface area contributed by atoms with Crippen molar-refractivity contribution >= 4 is 35.6 Å². The average Bonchev–Trinajstić information content (AvgIpc) is 2.54. The highest BCUT2D eigenvalue weighted by Crippen LogP contribution is 2.15. The molecule has 1 rings (SSSR count). The molecule has 0 radical (unpaired) electrons. The minimum atomic E-state index is -0.661. The van der Waals surface area contributed by atoms with Crippen LogP contribution in [0.4, 0.5) is 4.79 Å². The largest absolute Gasteiger partial charge is 0.444 e. The first-order valence-corrected chi connectivity index (χ1v) is 8.49. The Kier molecular flexibility index (Phi) is 8.64. The molecule has 3 N–H and O–H groups in total. The Balaban J connectivity index is 2.19. The second-order valence-electron chi connectivity index (χ2n) is 6.35. The van der Waals surface area contributed by atoms with E-state index < -0.39 is 11.7 Å². The van der Waals surface area contributed by atoms with Crippen molar-refractivity contribution in [3.8, 4) is 0 Å². The van der Waals surface area contributed by atoms with Gasteiger partial charge in [-0.05, 0) is 38.5 Å². The predicted molar refractivity (Wildman–Crippen MR) is 101 cm³/mol. The van der Waals surface area contributed by atoms with E-state index in [1.165, 1.54) is 6.08 Å². The van der Waals surface area contributed by atoms with Crippen molar-refractivity contribution < 1.29 is 19.1 Å². The van der Waals surface area contributed by atoms with Gasteiger partial charge >= 0.3 is 6.09 Å². The second-order valence-corrected chi connectivity index (χ2v) is 6.76. The van der Waals surface area contributed by atoms with Gasteiger partial charge in [-0.3, -0.25) is 9.59 Å². The van der Waals surface area contributed by atoms with Crippen molar-refractivity contribution in [2.24, 2.45) is 0 Å². The molecule has 0 bridgehead atoms. The monoisotopic (exact) mass is 381 g/mol. The van der Waals surface area contributed by atoms with Crippen LogP contribution >= 0.6 is 11.6 Å². The summed E-state index contributed by atoms with van der Waals surface area (Å²) in [5, 5.41) is 8.10. The summed E-state index contributed by atoms with van der Waals surface area (Å²) in [5.74, 6) is -0.678. The second kappa shape index (κ2) is 10.5. The SMILES string of the molecule is CC(C)(C)OC(=O)NCC(=O)NCCNC(=O)/C=C/c1ccccc1Cl. The maximum absolute atomic E-state index is 11.7. The first kappa shape index (κ1) is 21.5. The summed E-state index contributed by atoms with van der Waals surface area (Å²) in [7, 11) is 0. The summed E-state index contributed by atoms with van der Waals surface area (Å²) in [4.78, 5) is 34.7. The standard InChI is InChI=1S/C18H24ClN3O4/c1-18(2,3)26-17(25)22-12-16(24)21-11-10-20-15(23)9-8-13-6-4-5-7-14(13)19/h4-9H,10-12H2,1-3H3,(H,20,23)(H,21,24)(H,22,25)/b9-8+. The fourth-order valence-corrected chi connectivity index (χ4v) is 1.95. The van der Waals surface area contributed by atoms with Crippen LogP contribution in [0, 0.1) is 0 Å². The molecule has 0 heterocycles. The summed E-state index contributed by atoms with van der Waals surface area (Å²) >= 11 is 5.99. The van der Waals surface area contributed by atoms with Crippen LogP contribution in [0.2, 0.25) is 5.02 Å². The number of hydrogen-bond donors (Lipinski definition) is 3. The van der Waals surface area contributed by atoms with Crippen LogP contribution in [0.5, 0.6) is 0 Å². The van der Waals surface area contributed by atoms with E-state index >= 15 is 0 Å². The van der Waals surface area contributed by atoms with Crippen LogP contribution < -0.4 is 16.0 Å². The molecule has 0 unspecified atom stereocenters. The van der Waals surface area contributed by atoms with E-state index in [-0.39, 0.29) is 31.4 Å². The maximum Gasteiger partial charge on any atom is 0.408 e. The molecule has 7 nitrogen and oxygen atoms in total. The van der Waals surface area contributed by atoms with Gasteiger partial charge in [-0.15, -0.1) is 0 Å². The van der Waals surface area contributed by atoms with Gasteiger partial charge in [-0.2, -0.15) is 0 Å². The van der Waals surface area contributed by atoms with E-state index in [1.54, 1.807) is 45.0 Å². The van der Waals surface area contributed by atoms with Gasteiger partial charge in [0.15, 0.2) is 0 Å². The average molecular weight is 382 g/mol. The van der Waals surface area contributed by atoms with Crippen molar-refractivity contribution in [2.45, 2.75) is 26.4 Å². The summed E-state index contributed by atoms with van der Waals surface area (Å²) in [6.07, 6.45) is 2.32. The van der Waals surface area contributed by atoms with Crippen LogP contribution in [-0.4, -0.2) is 43.1 Å². The van der Waals surface area contributed by atoms with Gasteiger partial charge in [0.1, 0.15) is 5.60 Å². The van der Waals surface area contributed by atoms with Gasteiger partial charge in [0.05, 0.1) is 6.54 Å². The third-order valence-corrected chi connectivity index (χ3v) is 3.20. The van der Waals surface area contributed by atoms with Crippen molar-refractivity contribution in [3.63, 3.8) is 0 Å². The molecule has 1 aromatic rings. The van der Waals surface area contributed by atoms with Crippen molar-refractivity contribution in [2.75, 3.05) is 19.6 Å². The number of hydrogen-bond acceptors (Lipinski definition) is 4. The molecular weight excluding hydrogens is 358 g/mol. The summed E-state index contributed by atoms with van der Waals surface area (Å²) in [6.45, 7) is 5.49. The number of alkyl carbamates (subject to hydrolysis) is 1. The number of benzene rings is 1. The number of rotatable bonds is 7. The first-order valence-electron chi connectivity index (χ1n) is 8.11. The molecule has 142 valence electrons. The fraction of sp³-hybridized carbons (Fsp3) is 0.389. The van der Waals surface area contributed by atoms with E-state index in [2.05, 4.69) is 16.0 Å². The predicted octanol–water partition coefficient (Wildman–Crippen LogP) is 2.11. The molecule has 0 aliphatic heterocycles. The summed E-state index contributed by atoms with van der Waals surface area (Å²) < 4.78 is 5.01. The van der Waals surface area contributed by atoms with Crippen LogP contribution in [0.1, 0.15) is 26.3 Å². The topological polar surface area (TPSA) is 96.5 Å². The third-order valence-electron chi connectivity index (χ3n) is 2.86. The van der Waals surface area contributed by atoms with E-state index in [4.69, 9.17) is 16.3 Å². The quantitative estimate of drug-likeness (QED) is 0.497. The van der Waals surface area contributed by atoms with Crippen LogP contribution in [0.15, 0.2) is 30.3 Å². The molecule has 0 spiro atoms. The Labute approximate surface area is 158 Å². The lowest BCUT2D eigenvalue weighted by atomic mass is 10.2. The third kappa shape index (κ3) is 9.68. The van der Waals surface area contributed by atoms with E-state index in [0.717, 1.165) is 5.56 Å². The summed E-state index contributed by atoms with van der Waals surface area (Å²) in [6, 6.07) is 7.16. The van der Waals surface area contributed by atoms with E-state index in [1.807, 2.05) is 6.07 Å². The van der Waals surface area contributed by atoms with Crippen molar-refractivity contribution in [3.05, 3.63) is 40.9 Å². The molecule has 0 fully saturated rings. The molecule has 1 aromatic carbocycles. The maximum atomic E-state index is 11.7. The molecule has 0 aliphatic carbocycles. The zero-order valence-corrected chi connectivity index (χ0v) is 15.9. The minimum absolute atomic E-state index is 0.199. The number of carbonyl (C=O) groups excluding carboxylic acids is 3. The number of carbonyl (C=O) groups is 3. The molecule has 0 aromatic heterocycles. The number of ether oxygens (including phenoxy) is 1. The Morgan fingerprint density at radius 3 is 2.38 bits per heavy atom. The lowest BCUT2D eigenvalue weighted by molar-refractivity contribution is -0.120. The van der Waals surface area contributed by atoms with Gasteiger partial charge in [0, 0.05) is 24.2 Å². The van der Waals surface area contributed by atoms with E-state index in [0.29, 0.717) is 5.02 Å². The number of halogens is 1. The molecular formula is C18H24ClN3O4. The van der Waals surface area contributed by atoms with Crippen LogP contribution in [-0.2, 0) is 14.3 Å². The molecule has 0 saturated heterocycles. The highest BCUT2D eigenvalue weighted by Gasteiger charge is 2.16. The smallest absolute Gasteiger partial charge is 0.408 e. The lowest BCUT2D eigenvalue weighted by Gasteiger charge is -2.19. The van der Waals surface area contributed by atoms with Gasteiger partial charge < -0.3 is 20.7 Å².